The molecule has 1 rings (SSSR count). The van der Waals surface area contributed by atoms with Crippen molar-refractivity contribution in [3.63, 3.8) is 0 Å². The fourth-order valence-corrected chi connectivity index (χ4v) is 1.52. The summed E-state index contributed by atoms with van der Waals surface area (Å²) < 4.78 is 4.71. The molecule has 7 nitrogen and oxygen atoms in total. The van der Waals surface area contributed by atoms with Gasteiger partial charge >= 0.3 is 6.09 Å². The number of primary amides is 1. The van der Waals surface area contributed by atoms with E-state index in [2.05, 4.69) is 10.3 Å². The van der Waals surface area contributed by atoms with Crippen LogP contribution in [0.1, 0.15) is 23.0 Å². The summed E-state index contributed by atoms with van der Waals surface area (Å²) in [6, 6.07) is 3.00. The lowest BCUT2D eigenvalue weighted by Gasteiger charge is -2.13. The molecule has 0 aliphatic heterocycles. The van der Waals surface area contributed by atoms with Crippen LogP contribution in [0.25, 0.3) is 0 Å². The Morgan fingerprint density at radius 3 is 2.63 bits per heavy atom. The predicted molar refractivity (Wildman–Crippen MR) is 69.8 cm³/mol. The third kappa shape index (κ3) is 4.55. The second-order valence-electron chi connectivity index (χ2n) is 4.16. The van der Waals surface area contributed by atoms with Crippen molar-refractivity contribution < 1.29 is 14.3 Å². The zero-order valence-corrected chi connectivity index (χ0v) is 11.3. The molecule has 0 unspecified atom stereocenters. The summed E-state index contributed by atoms with van der Waals surface area (Å²) >= 11 is 0. The SMILES string of the molecule is CCNC(=O)c1ccc(OC(N)=O)nc1CN(C)C. The van der Waals surface area contributed by atoms with Crippen molar-refractivity contribution in [3.05, 3.63) is 23.4 Å². The molecule has 1 aromatic rings. The van der Waals surface area contributed by atoms with Crippen molar-refractivity contribution in [3.8, 4) is 5.88 Å². The first-order valence-electron chi connectivity index (χ1n) is 5.84. The van der Waals surface area contributed by atoms with E-state index >= 15 is 0 Å². The van der Waals surface area contributed by atoms with Crippen LogP contribution in [0.5, 0.6) is 5.88 Å². The number of carbonyl (C=O) groups excluding carboxylic acids is 2. The van der Waals surface area contributed by atoms with Gasteiger partial charge in [0.1, 0.15) is 0 Å². The minimum absolute atomic E-state index is 0.0809. The van der Waals surface area contributed by atoms with Crippen molar-refractivity contribution >= 4 is 12.0 Å². The van der Waals surface area contributed by atoms with E-state index in [-0.39, 0.29) is 11.8 Å². The average Bonchev–Trinajstić information content (AvgIpc) is 2.27. The van der Waals surface area contributed by atoms with E-state index in [1.165, 1.54) is 6.07 Å². The number of nitrogens with two attached hydrogens (primary N) is 1. The quantitative estimate of drug-likeness (QED) is 0.801. The molecule has 0 spiro atoms. The first kappa shape index (κ1) is 14.9. The van der Waals surface area contributed by atoms with Crippen LogP contribution in [-0.4, -0.2) is 42.5 Å². The van der Waals surface area contributed by atoms with Crippen LogP contribution in [-0.2, 0) is 6.54 Å². The first-order chi connectivity index (χ1) is 8.93. The van der Waals surface area contributed by atoms with Crippen LogP contribution in [0.2, 0.25) is 0 Å². The van der Waals surface area contributed by atoms with Crippen molar-refractivity contribution in [2.45, 2.75) is 13.5 Å². The molecule has 0 aliphatic carbocycles. The highest BCUT2D eigenvalue weighted by Gasteiger charge is 2.14. The lowest BCUT2D eigenvalue weighted by atomic mass is 10.1. The van der Waals surface area contributed by atoms with Crippen LogP contribution < -0.4 is 15.8 Å². The lowest BCUT2D eigenvalue weighted by molar-refractivity contribution is 0.0953. The maximum absolute atomic E-state index is 11.9. The topological polar surface area (TPSA) is 97.5 Å². The van der Waals surface area contributed by atoms with Crippen LogP contribution in [0.15, 0.2) is 12.1 Å². The van der Waals surface area contributed by atoms with Gasteiger partial charge in [-0.3, -0.25) is 4.79 Å². The molecule has 1 heterocycles. The van der Waals surface area contributed by atoms with E-state index in [4.69, 9.17) is 10.5 Å². The van der Waals surface area contributed by atoms with Crippen LogP contribution >= 0.6 is 0 Å². The van der Waals surface area contributed by atoms with E-state index < -0.39 is 6.09 Å². The largest absolute Gasteiger partial charge is 0.411 e. The third-order valence-electron chi connectivity index (χ3n) is 2.20. The molecule has 0 atom stereocenters. The van der Waals surface area contributed by atoms with Crippen LogP contribution in [0, 0.1) is 0 Å². The Morgan fingerprint density at radius 2 is 2.11 bits per heavy atom. The zero-order chi connectivity index (χ0) is 14.4. The van der Waals surface area contributed by atoms with Crippen LogP contribution in [0.4, 0.5) is 4.79 Å². The summed E-state index contributed by atoms with van der Waals surface area (Å²) in [4.78, 5) is 28.6. The number of pyridine rings is 1. The molecular formula is C12H18N4O3. The highest BCUT2D eigenvalue weighted by atomic mass is 16.6. The molecule has 0 saturated heterocycles. The lowest BCUT2D eigenvalue weighted by Crippen LogP contribution is -2.26. The number of amides is 2. The Kier molecular flexibility index (Phi) is 5.25. The standard InChI is InChI=1S/C12H18N4O3/c1-4-14-11(17)8-5-6-10(19-12(13)18)15-9(8)7-16(2)3/h5-6H,4,7H2,1-3H3,(H2,13,18)(H,14,17). The molecule has 0 saturated carbocycles. The summed E-state index contributed by atoms with van der Waals surface area (Å²) in [7, 11) is 3.70. The summed E-state index contributed by atoms with van der Waals surface area (Å²) in [5, 5.41) is 2.71. The average molecular weight is 266 g/mol. The van der Waals surface area contributed by atoms with E-state index in [1.54, 1.807) is 6.07 Å². The Balaban J connectivity index is 3.08. The number of aromatic nitrogens is 1. The maximum Gasteiger partial charge on any atom is 0.411 e. The smallest absolute Gasteiger partial charge is 0.391 e. The molecule has 0 radical (unpaired) electrons. The highest BCUT2D eigenvalue weighted by molar-refractivity contribution is 5.95. The second-order valence-corrected chi connectivity index (χ2v) is 4.16. The molecule has 0 aliphatic rings. The highest BCUT2D eigenvalue weighted by Crippen LogP contribution is 2.14. The van der Waals surface area contributed by atoms with Gasteiger partial charge in [-0.15, -0.1) is 0 Å². The van der Waals surface area contributed by atoms with Gasteiger partial charge in [0.25, 0.3) is 5.91 Å². The number of nitrogens with one attached hydrogen (secondary N) is 1. The maximum atomic E-state index is 11.9. The van der Waals surface area contributed by atoms with Gasteiger partial charge in [0.05, 0.1) is 11.3 Å². The predicted octanol–water partition coefficient (Wildman–Crippen LogP) is 0.350. The summed E-state index contributed by atoms with van der Waals surface area (Å²) in [6.45, 7) is 2.81. The van der Waals surface area contributed by atoms with Gasteiger partial charge in [-0.05, 0) is 27.1 Å². The van der Waals surface area contributed by atoms with Gasteiger partial charge < -0.3 is 20.7 Å². The first-order valence-corrected chi connectivity index (χ1v) is 5.84. The molecule has 3 N–H and O–H groups in total. The monoisotopic (exact) mass is 266 g/mol. The van der Waals surface area contributed by atoms with Gasteiger partial charge in [0.15, 0.2) is 0 Å². The molecule has 0 bridgehead atoms. The Hall–Kier alpha value is -2.15. The van der Waals surface area contributed by atoms with Gasteiger partial charge in [0, 0.05) is 19.2 Å². The number of carbonyl (C=O) groups is 2. The summed E-state index contributed by atoms with van der Waals surface area (Å²) in [5.41, 5.74) is 5.90. The minimum atomic E-state index is -0.936. The normalized spacial score (nSPS) is 10.3. The van der Waals surface area contributed by atoms with Crippen molar-refractivity contribution in [1.29, 1.82) is 0 Å². The van der Waals surface area contributed by atoms with Crippen molar-refractivity contribution in [2.75, 3.05) is 20.6 Å². The minimum Gasteiger partial charge on any atom is -0.391 e. The van der Waals surface area contributed by atoms with Crippen molar-refractivity contribution in [1.82, 2.24) is 15.2 Å². The summed E-state index contributed by atoms with van der Waals surface area (Å²) in [6.07, 6.45) is -0.936. The third-order valence-corrected chi connectivity index (χ3v) is 2.20. The summed E-state index contributed by atoms with van der Waals surface area (Å²) in [5.74, 6) is -0.130. The van der Waals surface area contributed by atoms with Gasteiger partial charge in [-0.2, -0.15) is 0 Å². The number of ether oxygens (including phenoxy) is 1. The van der Waals surface area contributed by atoms with E-state index in [1.807, 2.05) is 25.9 Å². The van der Waals surface area contributed by atoms with Gasteiger partial charge in [-0.25, -0.2) is 9.78 Å². The van der Waals surface area contributed by atoms with Crippen LogP contribution in [0.3, 0.4) is 0 Å². The van der Waals surface area contributed by atoms with E-state index in [0.717, 1.165) is 0 Å². The fourth-order valence-electron chi connectivity index (χ4n) is 1.52. The number of hydrogen-bond acceptors (Lipinski definition) is 5. The second kappa shape index (κ2) is 6.69. The Bertz CT molecular complexity index is 474. The van der Waals surface area contributed by atoms with E-state index in [9.17, 15) is 9.59 Å². The molecule has 0 fully saturated rings. The number of rotatable bonds is 5. The molecule has 7 heteroatoms. The fraction of sp³-hybridized carbons (Fsp3) is 0.417. The van der Waals surface area contributed by atoms with E-state index in [0.29, 0.717) is 24.3 Å². The Labute approximate surface area is 111 Å². The molecular weight excluding hydrogens is 248 g/mol. The number of hydrogen-bond donors (Lipinski definition) is 2. The molecule has 2 amide bonds. The molecule has 19 heavy (non-hydrogen) atoms. The van der Waals surface area contributed by atoms with Crippen molar-refractivity contribution in [2.24, 2.45) is 5.73 Å². The number of nitrogens with zero attached hydrogens (tertiary/aromatic N) is 2. The van der Waals surface area contributed by atoms with Gasteiger partial charge in [-0.1, -0.05) is 0 Å². The van der Waals surface area contributed by atoms with Gasteiger partial charge in [0.2, 0.25) is 5.88 Å². The molecule has 1 aromatic heterocycles. The Morgan fingerprint density at radius 1 is 1.42 bits per heavy atom. The zero-order valence-electron chi connectivity index (χ0n) is 11.3. The molecule has 104 valence electrons. The molecule has 0 aromatic carbocycles.